The average Bonchev–Trinajstić information content (AvgIpc) is 3.50. The van der Waals surface area contributed by atoms with Crippen LogP contribution in [0.5, 0.6) is 0 Å². The lowest BCUT2D eigenvalue weighted by Gasteiger charge is -2.29. The maximum absolute atomic E-state index is 13.8. The SMILES string of the molecule is Cc1ccc(-c2cc(C(=O)N(C3CC3)C3CCS(=O)(=O)C3)c3ccccc3n2)cc1. The van der Waals surface area contributed by atoms with E-state index in [4.69, 9.17) is 4.98 Å². The molecule has 30 heavy (non-hydrogen) atoms. The molecule has 5 rings (SSSR count). The van der Waals surface area contributed by atoms with Crippen molar-refractivity contribution in [3.05, 3.63) is 65.7 Å². The van der Waals surface area contributed by atoms with E-state index in [1.165, 1.54) is 0 Å². The fraction of sp³-hybridized carbons (Fsp3) is 0.333. The first-order chi connectivity index (χ1) is 14.4. The minimum absolute atomic E-state index is 0.0725. The van der Waals surface area contributed by atoms with Gasteiger partial charge in [-0.1, -0.05) is 48.0 Å². The summed E-state index contributed by atoms with van der Waals surface area (Å²) in [5.74, 6) is 0.162. The van der Waals surface area contributed by atoms with Gasteiger partial charge in [0.2, 0.25) is 0 Å². The zero-order valence-electron chi connectivity index (χ0n) is 16.9. The minimum Gasteiger partial charge on any atom is -0.332 e. The summed E-state index contributed by atoms with van der Waals surface area (Å²) in [6, 6.07) is 17.6. The lowest BCUT2D eigenvalue weighted by Crippen LogP contribution is -2.42. The highest BCUT2D eigenvalue weighted by molar-refractivity contribution is 7.91. The zero-order valence-corrected chi connectivity index (χ0v) is 17.7. The van der Waals surface area contributed by atoms with Crippen LogP contribution in [-0.2, 0) is 9.84 Å². The molecule has 1 unspecified atom stereocenters. The van der Waals surface area contributed by atoms with Crippen LogP contribution in [0.1, 0.15) is 35.2 Å². The van der Waals surface area contributed by atoms with Crippen molar-refractivity contribution in [1.29, 1.82) is 0 Å². The van der Waals surface area contributed by atoms with E-state index in [0.29, 0.717) is 12.0 Å². The Labute approximate surface area is 176 Å². The second kappa shape index (κ2) is 7.20. The Hall–Kier alpha value is -2.73. The van der Waals surface area contributed by atoms with Crippen molar-refractivity contribution in [2.75, 3.05) is 11.5 Å². The monoisotopic (exact) mass is 420 g/mol. The van der Waals surface area contributed by atoms with Crippen molar-refractivity contribution in [1.82, 2.24) is 9.88 Å². The Balaban J connectivity index is 1.61. The van der Waals surface area contributed by atoms with Gasteiger partial charge in [-0.2, -0.15) is 0 Å². The molecule has 154 valence electrons. The lowest BCUT2D eigenvalue weighted by molar-refractivity contribution is 0.0683. The van der Waals surface area contributed by atoms with E-state index in [9.17, 15) is 13.2 Å². The van der Waals surface area contributed by atoms with Crippen molar-refractivity contribution in [2.45, 2.75) is 38.3 Å². The third kappa shape index (κ3) is 3.60. The molecule has 1 aromatic heterocycles. The molecule has 0 N–H and O–H groups in total. The van der Waals surface area contributed by atoms with Crippen molar-refractivity contribution in [3.8, 4) is 11.3 Å². The van der Waals surface area contributed by atoms with Crippen molar-refractivity contribution < 1.29 is 13.2 Å². The van der Waals surface area contributed by atoms with Gasteiger partial charge < -0.3 is 4.90 Å². The molecular formula is C24H24N2O3S. The third-order valence-corrected chi connectivity index (χ3v) is 7.82. The standard InChI is InChI=1S/C24H24N2O3S/c1-16-6-8-17(9-7-16)23-14-21(20-4-2-3-5-22(20)25-23)24(27)26(18-10-11-18)19-12-13-30(28,29)15-19/h2-9,14,18-19H,10-13,15H2,1H3. The van der Waals surface area contributed by atoms with Crippen LogP contribution in [0.4, 0.5) is 0 Å². The highest BCUT2D eigenvalue weighted by Gasteiger charge is 2.42. The highest BCUT2D eigenvalue weighted by Crippen LogP contribution is 2.35. The van der Waals surface area contributed by atoms with Crippen LogP contribution in [0.2, 0.25) is 0 Å². The van der Waals surface area contributed by atoms with Gasteiger partial charge in [0.1, 0.15) is 0 Å². The molecule has 1 amide bonds. The summed E-state index contributed by atoms with van der Waals surface area (Å²) in [7, 11) is -3.07. The molecule has 2 aromatic carbocycles. The largest absolute Gasteiger partial charge is 0.332 e. The summed E-state index contributed by atoms with van der Waals surface area (Å²) in [6.45, 7) is 2.04. The summed E-state index contributed by atoms with van der Waals surface area (Å²) >= 11 is 0. The molecule has 2 aliphatic rings. The minimum atomic E-state index is -3.07. The number of para-hydroxylation sites is 1. The number of fused-ring (bicyclic) bond motifs is 1. The van der Waals surface area contributed by atoms with Gasteiger partial charge in [0.15, 0.2) is 9.84 Å². The van der Waals surface area contributed by atoms with E-state index in [0.717, 1.165) is 40.6 Å². The summed E-state index contributed by atoms with van der Waals surface area (Å²) in [6.07, 6.45) is 2.41. The van der Waals surface area contributed by atoms with Crippen LogP contribution in [0.3, 0.4) is 0 Å². The third-order valence-electron chi connectivity index (χ3n) is 6.07. The molecule has 6 heteroatoms. The van der Waals surface area contributed by atoms with Crippen LogP contribution < -0.4 is 0 Å². The second-order valence-electron chi connectivity index (χ2n) is 8.44. The molecule has 1 aliphatic carbocycles. The zero-order chi connectivity index (χ0) is 20.9. The van der Waals surface area contributed by atoms with Crippen LogP contribution in [-0.4, -0.2) is 47.8 Å². The van der Waals surface area contributed by atoms with E-state index in [1.54, 1.807) is 0 Å². The van der Waals surface area contributed by atoms with Gasteiger partial charge >= 0.3 is 0 Å². The van der Waals surface area contributed by atoms with E-state index in [1.807, 2.05) is 66.4 Å². The average molecular weight is 421 g/mol. The molecule has 1 aliphatic heterocycles. The second-order valence-corrected chi connectivity index (χ2v) is 10.7. The number of aromatic nitrogens is 1. The number of hydrogen-bond donors (Lipinski definition) is 0. The van der Waals surface area contributed by atoms with Crippen LogP contribution in [0, 0.1) is 6.92 Å². The number of amides is 1. The highest BCUT2D eigenvalue weighted by atomic mass is 32.2. The maximum atomic E-state index is 13.8. The summed E-state index contributed by atoms with van der Waals surface area (Å²) in [5, 5.41) is 0.810. The number of rotatable bonds is 4. The normalized spacial score (nSPS) is 20.4. The predicted octanol–water partition coefficient (Wildman–Crippen LogP) is 4.00. The van der Waals surface area contributed by atoms with Gasteiger partial charge in [0.05, 0.1) is 28.3 Å². The number of nitrogens with zero attached hydrogens (tertiary/aromatic N) is 2. The van der Waals surface area contributed by atoms with Crippen molar-refractivity contribution in [3.63, 3.8) is 0 Å². The number of carbonyl (C=O) groups excluding carboxylic acids is 1. The van der Waals surface area contributed by atoms with Crippen LogP contribution in [0.15, 0.2) is 54.6 Å². The van der Waals surface area contributed by atoms with Crippen molar-refractivity contribution >= 4 is 26.6 Å². The molecule has 2 heterocycles. The van der Waals surface area contributed by atoms with Gasteiger partial charge in [0.25, 0.3) is 5.91 Å². The summed E-state index contributed by atoms with van der Waals surface area (Å²) < 4.78 is 24.2. The smallest absolute Gasteiger partial charge is 0.255 e. The molecule has 0 radical (unpaired) electrons. The molecule has 3 aromatic rings. The summed E-state index contributed by atoms with van der Waals surface area (Å²) in [4.78, 5) is 20.4. The number of aryl methyl sites for hydroxylation is 1. The number of sulfone groups is 1. The Bertz CT molecular complexity index is 1230. The quantitative estimate of drug-likeness (QED) is 0.640. The first-order valence-electron chi connectivity index (χ1n) is 10.4. The van der Waals surface area contributed by atoms with Gasteiger partial charge in [-0.25, -0.2) is 13.4 Å². The Kier molecular flexibility index (Phi) is 4.62. The van der Waals surface area contributed by atoms with Gasteiger partial charge in [-0.15, -0.1) is 0 Å². The maximum Gasteiger partial charge on any atom is 0.255 e. The molecule has 1 atom stereocenters. The predicted molar refractivity (Wildman–Crippen MR) is 118 cm³/mol. The Morgan fingerprint density at radius 3 is 2.40 bits per heavy atom. The van der Waals surface area contributed by atoms with Gasteiger partial charge in [0, 0.05) is 23.0 Å². The fourth-order valence-corrected chi connectivity index (χ4v) is 6.05. The molecular weight excluding hydrogens is 396 g/mol. The lowest BCUT2D eigenvalue weighted by atomic mass is 10.0. The van der Waals surface area contributed by atoms with Gasteiger partial charge in [-0.3, -0.25) is 4.79 Å². The number of carbonyl (C=O) groups is 1. The molecule has 0 spiro atoms. The molecule has 2 fully saturated rings. The molecule has 1 saturated heterocycles. The van der Waals surface area contributed by atoms with Gasteiger partial charge in [-0.05, 0) is 38.3 Å². The van der Waals surface area contributed by atoms with E-state index >= 15 is 0 Å². The fourth-order valence-electron chi connectivity index (χ4n) is 4.34. The summed E-state index contributed by atoms with van der Waals surface area (Å²) in [5.41, 5.74) is 4.26. The molecule has 1 saturated carbocycles. The van der Waals surface area contributed by atoms with E-state index in [2.05, 4.69) is 0 Å². The van der Waals surface area contributed by atoms with Crippen LogP contribution in [0.25, 0.3) is 22.2 Å². The Morgan fingerprint density at radius 1 is 1.00 bits per heavy atom. The van der Waals surface area contributed by atoms with Crippen molar-refractivity contribution in [2.24, 2.45) is 0 Å². The van der Waals surface area contributed by atoms with Crippen LogP contribution >= 0.6 is 0 Å². The molecule has 0 bridgehead atoms. The first kappa shape index (κ1) is 19.2. The first-order valence-corrected chi connectivity index (χ1v) is 12.2. The van der Waals surface area contributed by atoms with E-state index < -0.39 is 9.84 Å². The number of benzene rings is 2. The molecule has 5 nitrogen and oxygen atoms in total. The number of pyridine rings is 1. The number of hydrogen-bond acceptors (Lipinski definition) is 4. The Morgan fingerprint density at radius 2 is 1.73 bits per heavy atom. The topological polar surface area (TPSA) is 67.3 Å². The van der Waals surface area contributed by atoms with E-state index in [-0.39, 0.29) is 29.5 Å².